The molecular formula is C20H24N2O6S2. The number of hydrogen-bond acceptors (Lipinski definition) is 7. The number of anilines is 1. The number of aryl methyl sites for hydroxylation is 1. The third-order valence-electron chi connectivity index (χ3n) is 4.76. The molecule has 0 aliphatic carbocycles. The van der Waals surface area contributed by atoms with Crippen LogP contribution < -0.4 is 5.32 Å². The zero-order valence-corrected chi connectivity index (χ0v) is 18.7. The molecule has 30 heavy (non-hydrogen) atoms. The average molecular weight is 453 g/mol. The number of thiophene rings is 1. The highest BCUT2D eigenvalue weighted by Crippen LogP contribution is 2.33. The first-order valence-electron chi connectivity index (χ1n) is 9.41. The second-order valence-corrected chi connectivity index (χ2v) is 10.1. The smallest absolute Gasteiger partial charge is 0.341 e. The Labute approximate surface area is 179 Å². The monoisotopic (exact) mass is 452 g/mol. The summed E-state index contributed by atoms with van der Waals surface area (Å²) in [5.74, 6) is -0.839. The molecule has 1 saturated heterocycles. The Kier molecular flexibility index (Phi) is 6.91. The van der Waals surface area contributed by atoms with E-state index in [1.54, 1.807) is 19.1 Å². The van der Waals surface area contributed by atoms with Crippen molar-refractivity contribution in [2.24, 2.45) is 0 Å². The minimum absolute atomic E-state index is 0.0842. The van der Waals surface area contributed by atoms with Crippen LogP contribution in [0.25, 0.3) is 0 Å². The lowest BCUT2D eigenvalue weighted by Gasteiger charge is -2.26. The van der Waals surface area contributed by atoms with Gasteiger partial charge in [0.15, 0.2) is 0 Å². The third kappa shape index (κ3) is 4.89. The normalized spacial score (nSPS) is 15.0. The van der Waals surface area contributed by atoms with E-state index < -0.39 is 16.0 Å². The van der Waals surface area contributed by atoms with Crippen molar-refractivity contribution in [3.63, 3.8) is 0 Å². The molecule has 10 heteroatoms. The molecule has 0 spiro atoms. The predicted octanol–water partition coefficient (Wildman–Crippen LogP) is 2.70. The molecule has 0 radical (unpaired) electrons. The Morgan fingerprint density at radius 1 is 1.23 bits per heavy atom. The molecule has 1 amide bonds. The van der Waals surface area contributed by atoms with Crippen LogP contribution in [-0.2, 0) is 30.9 Å². The standard InChI is InChI=1S/C20H24N2O6S2/c1-13-14(2)29-19(21-15(3)23)18(13)20(24)28-12-16-5-4-6-17(11-16)30(25,26)22-7-9-27-10-8-22/h4-6,11H,7-10,12H2,1-3H3,(H,21,23). The van der Waals surface area contributed by atoms with E-state index in [0.717, 1.165) is 10.4 Å². The lowest BCUT2D eigenvalue weighted by Crippen LogP contribution is -2.40. The topological polar surface area (TPSA) is 102 Å². The lowest BCUT2D eigenvalue weighted by atomic mass is 10.1. The van der Waals surface area contributed by atoms with Gasteiger partial charge in [0, 0.05) is 24.9 Å². The largest absolute Gasteiger partial charge is 0.457 e. The lowest BCUT2D eigenvalue weighted by molar-refractivity contribution is -0.114. The van der Waals surface area contributed by atoms with Crippen molar-refractivity contribution in [3.05, 3.63) is 45.8 Å². The Bertz CT molecular complexity index is 1060. The van der Waals surface area contributed by atoms with Gasteiger partial charge in [0.05, 0.1) is 23.7 Å². The molecule has 0 saturated carbocycles. The predicted molar refractivity (Wildman–Crippen MR) is 113 cm³/mol. The van der Waals surface area contributed by atoms with Crippen LogP contribution in [0.1, 0.15) is 33.3 Å². The molecule has 2 heterocycles. The van der Waals surface area contributed by atoms with Crippen LogP contribution in [0.2, 0.25) is 0 Å². The Morgan fingerprint density at radius 2 is 1.93 bits per heavy atom. The summed E-state index contributed by atoms with van der Waals surface area (Å²) in [7, 11) is -3.63. The summed E-state index contributed by atoms with van der Waals surface area (Å²) >= 11 is 1.31. The van der Waals surface area contributed by atoms with Gasteiger partial charge in [-0.05, 0) is 37.1 Å². The van der Waals surface area contributed by atoms with Crippen LogP contribution >= 0.6 is 11.3 Å². The van der Waals surface area contributed by atoms with E-state index in [1.165, 1.54) is 34.7 Å². The number of nitrogens with zero attached hydrogens (tertiary/aromatic N) is 1. The molecule has 162 valence electrons. The SMILES string of the molecule is CC(=O)Nc1sc(C)c(C)c1C(=O)OCc1cccc(S(=O)(=O)N2CCOCC2)c1. The number of esters is 1. The first-order chi connectivity index (χ1) is 14.2. The van der Waals surface area contributed by atoms with Gasteiger partial charge >= 0.3 is 5.97 Å². The maximum Gasteiger partial charge on any atom is 0.341 e. The molecular weight excluding hydrogens is 428 g/mol. The Hall–Kier alpha value is -2.27. The van der Waals surface area contributed by atoms with Gasteiger partial charge in [-0.3, -0.25) is 4.79 Å². The first kappa shape index (κ1) is 22.4. The van der Waals surface area contributed by atoms with Crippen molar-refractivity contribution in [2.75, 3.05) is 31.6 Å². The molecule has 1 aliphatic heterocycles. The van der Waals surface area contributed by atoms with Gasteiger partial charge in [-0.2, -0.15) is 4.31 Å². The summed E-state index contributed by atoms with van der Waals surface area (Å²) in [5, 5.41) is 3.11. The fourth-order valence-electron chi connectivity index (χ4n) is 3.07. The van der Waals surface area contributed by atoms with Crippen molar-refractivity contribution in [1.29, 1.82) is 0 Å². The quantitative estimate of drug-likeness (QED) is 0.676. The number of nitrogens with one attached hydrogen (secondary N) is 1. The molecule has 0 atom stereocenters. The highest BCUT2D eigenvalue weighted by Gasteiger charge is 2.27. The van der Waals surface area contributed by atoms with E-state index in [2.05, 4.69) is 5.32 Å². The molecule has 3 rings (SSSR count). The van der Waals surface area contributed by atoms with Gasteiger partial charge in [-0.1, -0.05) is 12.1 Å². The third-order valence-corrected chi connectivity index (χ3v) is 7.77. The van der Waals surface area contributed by atoms with Crippen molar-refractivity contribution < 1.29 is 27.5 Å². The van der Waals surface area contributed by atoms with E-state index in [-0.39, 0.29) is 17.4 Å². The molecule has 1 fully saturated rings. The fourth-order valence-corrected chi connectivity index (χ4v) is 5.65. The highest BCUT2D eigenvalue weighted by molar-refractivity contribution is 7.89. The van der Waals surface area contributed by atoms with Gasteiger partial charge in [0.2, 0.25) is 15.9 Å². The molecule has 1 aliphatic rings. The van der Waals surface area contributed by atoms with E-state index in [1.807, 2.05) is 6.92 Å². The molecule has 0 unspecified atom stereocenters. The van der Waals surface area contributed by atoms with Crippen LogP contribution in [0.5, 0.6) is 0 Å². The summed E-state index contributed by atoms with van der Waals surface area (Å²) in [4.78, 5) is 25.2. The number of hydrogen-bond donors (Lipinski definition) is 1. The van der Waals surface area contributed by atoms with Gasteiger partial charge < -0.3 is 14.8 Å². The van der Waals surface area contributed by atoms with E-state index in [0.29, 0.717) is 42.4 Å². The minimum atomic E-state index is -3.63. The van der Waals surface area contributed by atoms with Crippen LogP contribution in [0.3, 0.4) is 0 Å². The van der Waals surface area contributed by atoms with Crippen molar-refractivity contribution in [2.45, 2.75) is 32.3 Å². The van der Waals surface area contributed by atoms with Gasteiger partial charge in [0.25, 0.3) is 0 Å². The number of ether oxygens (including phenoxy) is 2. The number of rotatable bonds is 6. The van der Waals surface area contributed by atoms with Crippen molar-refractivity contribution in [1.82, 2.24) is 4.31 Å². The fraction of sp³-hybridized carbons (Fsp3) is 0.400. The molecule has 8 nitrogen and oxygen atoms in total. The Balaban J connectivity index is 1.75. The average Bonchev–Trinajstić information content (AvgIpc) is 2.99. The van der Waals surface area contributed by atoms with Crippen LogP contribution in [0.4, 0.5) is 5.00 Å². The van der Waals surface area contributed by atoms with E-state index in [4.69, 9.17) is 9.47 Å². The Morgan fingerprint density at radius 3 is 2.60 bits per heavy atom. The van der Waals surface area contributed by atoms with E-state index >= 15 is 0 Å². The number of morpholine rings is 1. The summed E-state index contributed by atoms with van der Waals surface area (Å²) in [6, 6.07) is 6.36. The number of sulfonamides is 1. The molecule has 1 aromatic heterocycles. The minimum Gasteiger partial charge on any atom is -0.457 e. The zero-order chi connectivity index (χ0) is 21.9. The molecule has 1 aromatic carbocycles. The summed E-state index contributed by atoms with van der Waals surface area (Å²) in [5.41, 5.74) is 1.63. The van der Waals surface area contributed by atoms with Gasteiger partial charge in [-0.15, -0.1) is 11.3 Å². The van der Waals surface area contributed by atoms with Crippen LogP contribution in [0, 0.1) is 13.8 Å². The van der Waals surface area contributed by atoms with Gasteiger partial charge in [-0.25, -0.2) is 13.2 Å². The summed E-state index contributed by atoms with van der Waals surface area (Å²) in [6.45, 7) is 6.30. The first-order valence-corrected chi connectivity index (χ1v) is 11.7. The maximum absolute atomic E-state index is 12.8. The summed E-state index contributed by atoms with van der Waals surface area (Å²) < 4.78 is 37.7. The number of amides is 1. The second kappa shape index (κ2) is 9.25. The maximum atomic E-state index is 12.8. The second-order valence-electron chi connectivity index (χ2n) is 6.91. The summed E-state index contributed by atoms with van der Waals surface area (Å²) in [6.07, 6.45) is 0. The number of carbonyl (C=O) groups excluding carboxylic acids is 2. The highest BCUT2D eigenvalue weighted by atomic mass is 32.2. The molecule has 0 bridgehead atoms. The number of carbonyl (C=O) groups is 2. The van der Waals surface area contributed by atoms with E-state index in [9.17, 15) is 18.0 Å². The van der Waals surface area contributed by atoms with Crippen LogP contribution in [0.15, 0.2) is 29.2 Å². The number of benzene rings is 1. The van der Waals surface area contributed by atoms with Crippen LogP contribution in [-0.4, -0.2) is 50.9 Å². The molecule has 2 aromatic rings. The molecule has 1 N–H and O–H groups in total. The zero-order valence-electron chi connectivity index (χ0n) is 17.1. The van der Waals surface area contributed by atoms with Crippen molar-refractivity contribution in [3.8, 4) is 0 Å². The van der Waals surface area contributed by atoms with Crippen molar-refractivity contribution >= 4 is 38.2 Å². The van der Waals surface area contributed by atoms with Gasteiger partial charge in [0.1, 0.15) is 11.6 Å².